The van der Waals surface area contributed by atoms with Crippen LogP contribution in [0.2, 0.25) is 5.02 Å². The number of carbonyl (C=O) groups is 5. The van der Waals surface area contributed by atoms with Crippen LogP contribution in [0.4, 0.5) is 17.1 Å². The molecule has 1 unspecified atom stereocenters. The molecule has 254 valence electrons. The number of tetrazole rings is 1. The number of halogens is 1. The maximum Gasteiger partial charge on any atom is 0.335 e. The quantitative estimate of drug-likeness (QED) is 0.161. The number of carboxylic acid groups (broad SMARTS) is 1. The molecule has 1 fully saturated rings. The summed E-state index contributed by atoms with van der Waals surface area (Å²) in [6, 6.07) is 15.8. The monoisotopic (exact) mass is 688 g/mol. The first kappa shape index (κ1) is 34.7. The third-order valence-corrected chi connectivity index (χ3v) is 8.04. The second-order valence-electron chi connectivity index (χ2n) is 11.2. The number of nitrogens with zero attached hydrogens (tertiary/aromatic N) is 5. The molecule has 1 aliphatic rings. The molecule has 2 heterocycles. The second-order valence-corrected chi connectivity index (χ2v) is 11.6. The highest BCUT2D eigenvalue weighted by atomic mass is 35.5. The Hall–Kier alpha value is -5.67. The van der Waals surface area contributed by atoms with E-state index in [-0.39, 0.29) is 40.2 Å². The van der Waals surface area contributed by atoms with Crippen molar-refractivity contribution in [1.82, 2.24) is 25.5 Å². The van der Waals surface area contributed by atoms with Crippen molar-refractivity contribution in [3.63, 3.8) is 0 Å². The van der Waals surface area contributed by atoms with Gasteiger partial charge in [0.25, 0.3) is 0 Å². The summed E-state index contributed by atoms with van der Waals surface area (Å²) in [5, 5.41) is 28.1. The van der Waals surface area contributed by atoms with E-state index in [1.165, 1.54) is 41.3 Å². The molecular formula is C33H33ClN8O7. The number of ether oxygens (including phenoxy) is 1. The second kappa shape index (κ2) is 16.0. The van der Waals surface area contributed by atoms with E-state index in [9.17, 15) is 29.1 Å². The van der Waals surface area contributed by atoms with Crippen molar-refractivity contribution < 1.29 is 33.8 Å². The van der Waals surface area contributed by atoms with E-state index < -0.39 is 29.7 Å². The van der Waals surface area contributed by atoms with Crippen LogP contribution in [0, 0.1) is 5.92 Å². The number of amides is 4. The molecule has 49 heavy (non-hydrogen) atoms. The summed E-state index contributed by atoms with van der Waals surface area (Å²) in [6.07, 6.45) is 2.48. The van der Waals surface area contributed by atoms with E-state index in [4.69, 9.17) is 16.3 Å². The van der Waals surface area contributed by atoms with E-state index in [0.29, 0.717) is 43.1 Å². The van der Waals surface area contributed by atoms with Crippen LogP contribution in [0.1, 0.15) is 35.7 Å². The standard InChI is InChI=1S/C33H33ClN8O7/c1-2-49-18-21-13-14-41(29(43)16-21)25-10-3-20(4-11-25)15-27(30(44)36-24-8-5-22(6-9-24)33(47)48)38-32(46)31(45)37-26-17-23(34)7-12-28(26)42-19-35-39-40-42/h3-12,17,19,21,27H,2,13-16,18H2,1H3,(H,36,44)(H,37,45)(H,38,46)(H,47,48)/t21?,27-/m0/s1. The Labute approximate surface area is 285 Å². The van der Waals surface area contributed by atoms with Gasteiger partial charge < -0.3 is 30.7 Å². The van der Waals surface area contributed by atoms with Crippen molar-refractivity contribution in [2.75, 3.05) is 35.3 Å². The van der Waals surface area contributed by atoms with Gasteiger partial charge in [-0.15, -0.1) is 5.10 Å². The van der Waals surface area contributed by atoms with Gasteiger partial charge in [0.2, 0.25) is 11.8 Å². The van der Waals surface area contributed by atoms with Gasteiger partial charge in [0.1, 0.15) is 12.4 Å². The number of nitrogens with one attached hydrogen (secondary N) is 3. The van der Waals surface area contributed by atoms with Gasteiger partial charge in [-0.25, -0.2) is 4.79 Å². The van der Waals surface area contributed by atoms with Crippen LogP contribution in [-0.2, 0) is 30.3 Å². The fraction of sp³-hybridized carbons (Fsp3) is 0.273. The lowest BCUT2D eigenvalue weighted by molar-refractivity contribution is -0.137. The predicted molar refractivity (Wildman–Crippen MR) is 178 cm³/mol. The average Bonchev–Trinajstić information content (AvgIpc) is 3.63. The van der Waals surface area contributed by atoms with Crippen molar-refractivity contribution in [2.24, 2.45) is 5.92 Å². The summed E-state index contributed by atoms with van der Waals surface area (Å²) in [5.74, 6) is -3.80. The number of carbonyl (C=O) groups excluding carboxylic acids is 4. The van der Waals surface area contributed by atoms with Crippen molar-refractivity contribution in [3.05, 3.63) is 89.2 Å². The minimum Gasteiger partial charge on any atom is -0.478 e. The molecule has 0 saturated carbocycles. The molecule has 0 spiro atoms. The first-order valence-electron chi connectivity index (χ1n) is 15.4. The number of piperidine rings is 1. The molecule has 4 amide bonds. The summed E-state index contributed by atoms with van der Waals surface area (Å²) >= 11 is 6.13. The van der Waals surface area contributed by atoms with Crippen LogP contribution >= 0.6 is 11.6 Å². The molecule has 1 aliphatic heterocycles. The molecule has 1 aromatic heterocycles. The van der Waals surface area contributed by atoms with Crippen LogP contribution < -0.4 is 20.9 Å². The molecule has 5 rings (SSSR count). The summed E-state index contributed by atoms with van der Waals surface area (Å²) < 4.78 is 6.76. The first-order chi connectivity index (χ1) is 23.6. The van der Waals surface area contributed by atoms with Gasteiger partial charge in [-0.05, 0) is 89.8 Å². The minimum absolute atomic E-state index is 0.00362. The maximum atomic E-state index is 13.5. The fourth-order valence-electron chi connectivity index (χ4n) is 5.26. The van der Waals surface area contributed by atoms with Crippen molar-refractivity contribution in [3.8, 4) is 5.69 Å². The zero-order chi connectivity index (χ0) is 34.9. The Kier molecular flexibility index (Phi) is 11.3. The molecule has 0 radical (unpaired) electrons. The Morgan fingerprint density at radius 2 is 1.78 bits per heavy atom. The zero-order valence-corrected chi connectivity index (χ0v) is 27.1. The topological polar surface area (TPSA) is 198 Å². The van der Waals surface area contributed by atoms with E-state index in [1.807, 2.05) is 6.92 Å². The predicted octanol–water partition coefficient (Wildman–Crippen LogP) is 3.10. The van der Waals surface area contributed by atoms with Gasteiger partial charge in [0, 0.05) is 49.0 Å². The van der Waals surface area contributed by atoms with E-state index in [1.54, 1.807) is 41.3 Å². The van der Waals surface area contributed by atoms with E-state index in [2.05, 4.69) is 31.5 Å². The Morgan fingerprint density at radius 3 is 2.43 bits per heavy atom. The SMILES string of the molecule is CCOCC1CCN(c2ccc(C[C@H](NC(=O)C(=O)Nc3cc(Cl)ccc3-n3cnnn3)C(=O)Nc3ccc(C(=O)O)cc3)cc2)C(=O)C1. The van der Waals surface area contributed by atoms with Gasteiger partial charge in [-0.2, -0.15) is 4.68 Å². The molecule has 4 N–H and O–H groups in total. The maximum absolute atomic E-state index is 13.5. The van der Waals surface area contributed by atoms with E-state index in [0.717, 1.165) is 6.42 Å². The van der Waals surface area contributed by atoms with Gasteiger partial charge in [-0.3, -0.25) is 19.2 Å². The van der Waals surface area contributed by atoms with Crippen molar-refractivity contribution >= 4 is 58.3 Å². The largest absolute Gasteiger partial charge is 0.478 e. The lowest BCUT2D eigenvalue weighted by Gasteiger charge is -2.31. The normalized spacial score (nSPS) is 14.9. The molecular weight excluding hydrogens is 656 g/mol. The average molecular weight is 689 g/mol. The zero-order valence-electron chi connectivity index (χ0n) is 26.3. The molecule has 16 heteroatoms. The Bertz CT molecular complexity index is 1820. The summed E-state index contributed by atoms with van der Waals surface area (Å²) in [6.45, 7) is 3.61. The van der Waals surface area contributed by atoms with Crippen LogP contribution in [0.25, 0.3) is 5.69 Å². The van der Waals surface area contributed by atoms with Crippen molar-refractivity contribution in [1.29, 1.82) is 0 Å². The van der Waals surface area contributed by atoms with E-state index >= 15 is 0 Å². The highest BCUT2D eigenvalue weighted by Gasteiger charge is 2.28. The first-order valence-corrected chi connectivity index (χ1v) is 15.7. The molecule has 0 bridgehead atoms. The number of aromatic carboxylic acids is 1. The summed E-state index contributed by atoms with van der Waals surface area (Å²) in [7, 11) is 0. The minimum atomic E-state index is -1.24. The Balaban J connectivity index is 1.31. The molecule has 3 aromatic carbocycles. The lowest BCUT2D eigenvalue weighted by atomic mass is 9.96. The fourth-order valence-corrected chi connectivity index (χ4v) is 5.43. The number of hydrogen-bond acceptors (Lipinski definition) is 9. The highest BCUT2D eigenvalue weighted by Crippen LogP contribution is 2.26. The number of benzene rings is 3. The molecule has 1 saturated heterocycles. The van der Waals surface area contributed by atoms with Gasteiger partial charge in [0.15, 0.2) is 0 Å². The third-order valence-electron chi connectivity index (χ3n) is 7.80. The number of rotatable bonds is 12. The van der Waals surface area contributed by atoms with Gasteiger partial charge in [0.05, 0.1) is 16.9 Å². The van der Waals surface area contributed by atoms with Crippen LogP contribution in [0.5, 0.6) is 0 Å². The molecule has 4 aromatic rings. The number of aromatic nitrogens is 4. The van der Waals surface area contributed by atoms with Gasteiger partial charge in [-0.1, -0.05) is 23.7 Å². The number of anilines is 3. The van der Waals surface area contributed by atoms with Crippen LogP contribution in [0.3, 0.4) is 0 Å². The third kappa shape index (κ3) is 9.03. The number of hydrogen-bond donors (Lipinski definition) is 4. The smallest absolute Gasteiger partial charge is 0.335 e. The van der Waals surface area contributed by atoms with Gasteiger partial charge >= 0.3 is 17.8 Å². The molecule has 0 aliphatic carbocycles. The summed E-state index contributed by atoms with van der Waals surface area (Å²) in [4.78, 5) is 65.6. The highest BCUT2D eigenvalue weighted by molar-refractivity contribution is 6.40. The number of carboxylic acids is 1. The van der Waals surface area contributed by atoms with Crippen LogP contribution in [0.15, 0.2) is 73.1 Å². The van der Waals surface area contributed by atoms with Crippen LogP contribution in [-0.4, -0.2) is 80.7 Å². The summed E-state index contributed by atoms with van der Waals surface area (Å²) in [5.41, 5.74) is 2.13. The van der Waals surface area contributed by atoms with Crippen molar-refractivity contribution in [2.45, 2.75) is 32.2 Å². The Morgan fingerprint density at radius 1 is 1.02 bits per heavy atom. The lowest BCUT2D eigenvalue weighted by Crippen LogP contribution is -2.49. The molecule has 15 nitrogen and oxygen atoms in total. The molecule has 2 atom stereocenters.